The molecule has 1 aromatic heterocycles. The summed E-state index contributed by atoms with van der Waals surface area (Å²) in [5.41, 5.74) is 6.95. The molecule has 5 nitrogen and oxygen atoms in total. The van der Waals surface area contributed by atoms with Gasteiger partial charge in [-0.3, -0.25) is 5.10 Å². The van der Waals surface area contributed by atoms with Crippen molar-refractivity contribution in [3.63, 3.8) is 0 Å². The second-order valence-corrected chi connectivity index (χ2v) is 6.00. The normalized spacial score (nSPS) is 21.2. The summed E-state index contributed by atoms with van der Waals surface area (Å²) in [5.74, 6) is 0.510. The summed E-state index contributed by atoms with van der Waals surface area (Å²) in [4.78, 5) is 0. The zero-order valence-electron chi connectivity index (χ0n) is 11.7. The lowest BCUT2D eigenvalue weighted by atomic mass is 9.79. The van der Waals surface area contributed by atoms with Crippen LogP contribution in [0.3, 0.4) is 0 Å². The van der Waals surface area contributed by atoms with Crippen molar-refractivity contribution >= 4 is 29.3 Å². The van der Waals surface area contributed by atoms with Crippen molar-refractivity contribution < 1.29 is 9.31 Å². The van der Waals surface area contributed by atoms with E-state index in [1.165, 1.54) is 0 Å². The molecule has 0 spiro atoms. The molecule has 0 amide bonds. The Kier molecular flexibility index (Phi) is 2.46. The average molecular weight is 259 g/mol. The quantitative estimate of drug-likeness (QED) is 0.760. The molecule has 0 atom stereocenters. The lowest BCUT2D eigenvalue weighted by Gasteiger charge is -2.32. The van der Waals surface area contributed by atoms with Crippen LogP contribution in [-0.2, 0) is 9.31 Å². The second-order valence-electron chi connectivity index (χ2n) is 6.00. The summed E-state index contributed by atoms with van der Waals surface area (Å²) in [5, 5.41) is 7.82. The lowest BCUT2D eigenvalue weighted by molar-refractivity contribution is 0.00578. The minimum Gasteiger partial charge on any atom is -0.399 e. The van der Waals surface area contributed by atoms with Crippen molar-refractivity contribution in [2.75, 3.05) is 5.73 Å². The Morgan fingerprint density at radius 1 is 1.16 bits per heavy atom. The first-order valence-corrected chi connectivity index (χ1v) is 6.39. The SMILES string of the molecule is CC1(C)OB(c2ccc3c(N)n[nH]c3c2)OC1(C)C. The fourth-order valence-corrected chi connectivity index (χ4v) is 2.18. The van der Waals surface area contributed by atoms with Crippen LogP contribution in [-0.4, -0.2) is 28.5 Å². The molecule has 19 heavy (non-hydrogen) atoms. The third kappa shape index (κ3) is 1.83. The van der Waals surface area contributed by atoms with Gasteiger partial charge in [0, 0.05) is 5.39 Å². The number of fused-ring (bicyclic) bond motifs is 1. The highest BCUT2D eigenvalue weighted by Crippen LogP contribution is 2.36. The average Bonchev–Trinajstić information content (AvgIpc) is 2.78. The van der Waals surface area contributed by atoms with Crippen molar-refractivity contribution in [3.05, 3.63) is 18.2 Å². The van der Waals surface area contributed by atoms with Gasteiger partial charge in [0.1, 0.15) is 0 Å². The summed E-state index contributed by atoms with van der Waals surface area (Å²) in [7, 11) is -0.362. The fourth-order valence-electron chi connectivity index (χ4n) is 2.18. The number of nitrogens with zero attached hydrogens (tertiary/aromatic N) is 1. The number of nitrogens with one attached hydrogen (secondary N) is 1. The maximum atomic E-state index is 6.02. The highest BCUT2D eigenvalue weighted by molar-refractivity contribution is 6.62. The monoisotopic (exact) mass is 259 g/mol. The van der Waals surface area contributed by atoms with E-state index in [4.69, 9.17) is 15.0 Å². The number of rotatable bonds is 1. The van der Waals surface area contributed by atoms with Crippen LogP contribution in [0.4, 0.5) is 5.82 Å². The standard InChI is InChI=1S/C13H18BN3O2/c1-12(2)13(3,4)19-14(18-12)8-5-6-9-10(7-8)16-17-11(9)15/h5-7H,1-4H3,(H3,15,16,17). The maximum Gasteiger partial charge on any atom is 0.494 e. The fraction of sp³-hybridized carbons (Fsp3) is 0.462. The third-order valence-corrected chi connectivity index (χ3v) is 4.14. The minimum absolute atomic E-state index is 0.334. The van der Waals surface area contributed by atoms with Crippen LogP contribution < -0.4 is 11.2 Å². The van der Waals surface area contributed by atoms with E-state index in [0.29, 0.717) is 5.82 Å². The molecule has 0 saturated carbocycles. The molecule has 0 unspecified atom stereocenters. The molecular formula is C13H18BN3O2. The molecule has 3 rings (SSSR count). The van der Waals surface area contributed by atoms with Crippen LogP contribution in [0.2, 0.25) is 0 Å². The topological polar surface area (TPSA) is 73.2 Å². The molecule has 100 valence electrons. The van der Waals surface area contributed by atoms with E-state index in [-0.39, 0.29) is 18.3 Å². The van der Waals surface area contributed by atoms with E-state index in [1.807, 2.05) is 45.9 Å². The second kappa shape index (κ2) is 3.74. The maximum absolute atomic E-state index is 6.02. The van der Waals surface area contributed by atoms with E-state index in [1.54, 1.807) is 0 Å². The molecule has 1 saturated heterocycles. The Balaban J connectivity index is 1.98. The van der Waals surface area contributed by atoms with Gasteiger partial charge in [-0.15, -0.1) is 0 Å². The number of nitrogens with two attached hydrogens (primary N) is 1. The van der Waals surface area contributed by atoms with Crippen molar-refractivity contribution in [1.82, 2.24) is 10.2 Å². The van der Waals surface area contributed by atoms with E-state index in [2.05, 4.69) is 10.2 Å². The first-order chi connectivity index (χ1) is 8.80. The van der Waals surface area contributed by atoms with Gasteiger partial charge >= 0.3 is 7.12 Å². The Morgan fingerprint density at radius 2 is 1.79 bits per heavy atom. The lowest BCUT2D eigenvalue weighted by Crippen LogP contribution is -2.41. The van der Waals surface area contributed by atoms with Crippen LogP contribution in [0.5, 0.6) is 0 Å². The van der Waals surface area contributed by atoms with Gasteiger partial charge in [0.15, 0.2) is 5.82 Å². The van der Waals surface area contributed by atoms with Crippen LogP contribution in [0.15, 0.2) is 18.2 Å². The Bertz CT molecular complexity index is 620. The number of benzene rings is 1. The van der Waals surface area contributed by atoms with E-state index < -0.39 is 0 Å². The van der Waals surface area contributed by atoms with Crippen molar-refractivity contribution in [3.8, 4) is 0 Å². The molecule has 1 aliphatic rings. The van der Waals surface area contributed by atoms with Crippen LogP contribution in [0.1, 0.15) is 27.7 Å². The van der Waals surface area contributed by atoms with E-state index in [9.17, 15) is 0 Å². The molecule has 1 aromatic carbocycles. The Hall–Kier alpha value is -1.53. The number of anilines is 1. The van der Waals surface area contributed by atoms with Crippen LogP contribution >= 0.6 is 0 Å². The van der Waals surface area contributed by atoms with Gasteiger partial charge in [-0.2, -0.15) is 5.10 Å². The molecule has 0 radical (unpaired) electrons. The van der Waals surface area contributed by atoms with Crippen molar-refractivity contribution in [2.24, 2.45) is 0 Å². The summed E-state index contributed by atoms with van der Waals surface area (Å²) < 4.78 is 12.0. The largest absolute Gasteiger partial charge is 0.494 e. The third-order valence-electron chi connectivity index (χ3n) is 4.14. The van der Waals surface area contributed by atoms with Gasteiger partial charge in [0.05, 0.1) is 16.7 Å². The molecule has 6 heteroatoms. The van der Waals surface area contributed by atoms with Crippen molar-refractivity contribution in [2.45, 2.75) is 38.9 Å². The highest BCUT2D eigenvalue weighted by Gasteiger charge is 2.51. The summed E-state index contributed by atoms with van der Waals surface area (Å²) in [6.07, 6.45) is 0. The Morgan fingerprint density at radius 3 is 2.42 bits per heavy atom. The zero-order valence-corrected chi connectivity index (χ0v) is 11.7. The van der Waals surface area contributed by atoms with Gasteiger partial charge in [-0.25, -0.2) is 0 Å². The molecule has 2 heterocycles. The van der Waals surface area contributed by atoms with Gasteiger partial charge in [0.25, 0.3) is 0 Å². The first kappa shape index (κ1) is 12.5. The van der Waals surface area contributed by atoms with Gasteiger partial charge in [-0.1, -0.05) is 6.07 Å². The van der Waals surface area contributed by atoms with Crippen LogP contribution in [0, 0.1) is 0 Å². The molecular weight excluding hydrogens is 241 g/mol. The first-order valence-electron chi connectivity index (χ1n) is 6.39. The predicted octanol–water partition coefficient (Wildman–Crippen LogP) is 1.44. The molecule has 1 fully saturated rings. The summed E-state index contributed by atoms with van der Waals surface area (Å²) >= 11 is 0. The van der Waals surface area contributed by atoms with E-state index in [0.717, 1.165) is 16.4 Å². The molecule has 3 N–H and O–H groups in total. The number of hydrogen-bond donors (Lipinski definition) is 2. The molecule has 0 aliphatic carbocycles. The van der Waals surface area contributed by atoms with Crippen molar-refractivity contribution in [1.29, 1.82) is 0 Å². The molecule has 0 bridgehead atoms. The zero-order chi connectivity index (χ0) is 13.8. The Labute approximate surface area is 112 Å². The van der Waals surface area contributed by atoms with Crippen LogP contribution in [0.25, 0.3) is 10.9 Å². The highest BCUT2D eigenvalue weighted by atomic mass is 16.7. The molecule has 1 aliphatic heterocycles. The predicted molar refractivity (Wildman–Crippen MR) is 76.2 cm³/mol. The summed E-state index contributed by atoms with van der Waals surface area (Å²) in [6.45, 7) is 8.17. The van der Waals surface area contributed by atoms with Gasteiger partial charge < -0.3 is 15.0 Å². The van der Waals surface area contributed by atoms with Gasteiger partial charge in [0.2, 0.25) is 0 Å². The summed E-state index contributed by atoms with van der Waals surface area (Å²) in [6, 6.07) is 5.88. The number of hydrogen-bond acceptors (Lipinski definition) is 4. The van der Waals surface area contributed by atoms with E-state index >= 15 is 0 Å². The number of H-pyrrole nitrogens is 1. The molecule has 2 aromatic rings. The van der Waals surface area contributed by atoms with Gasteiger partial charge in [-0.05, 0) is 45.3 Å². The number of nitrogen functional groups attached to an aromatic ring is 1. The number of aromatic amines is 1. The minimum atomic E-state index is -0.362. The number of aromatic nitrogens is 2. The smallest absolute Gasteiger partial charge is 0.399 e.